The number of pyridine rings is 1. The number of sulfonamides is 1. The molecule has 3 rings (SSSR count). The first-order valence-corrected chi connectivity index (χ1v) is 8.59. The first kappa shape index (κ1) is 15.6. The predicted molar refractivity (Wildman–Crippen MR) is 83.5 cm³/mol. The third-order valence-electron chi connectivity index (χ3n) is 3.99. The summed E-state index contributed by atoms with van der Waals surface area (Å²) in [7, 11) is -4.06. The van der Waals surface area contributed by atoms with Gasteiger partial charge in [0.1, 0.15) is 10.7 Å². The lowest BCUT2D eigenvalue weighted by Crippen LogP contribution is -2.40. The summed E-state index contributed by atoms with van der Waals surface area (Å²) >= 11 is 0. The molecular weight excluding hydrogens is 319 g/mol. The fourth-order valence-electron chi connectivity index (χ4n) is 2.53. The maximum absolute atomic E-state index is 13.3. The highest BCUT2D eigenvalue weighted by atomic mass is 32.2. The molecule has 0 spiro atoms. The van der Waals surface area contributed by atoms with Crippen molar-refractivity contribution in [3.8, 4) is 0 Å². The van der Waals surface area contributed by atoms with E-state index in [0.29, 0.717) is 17.3 Å². The number of fused-ring (bicyclic) bond motifs is 1. The lowest BCUT2D eigenvalue weighted by Gasteiger charge is -2.20. The summed E-state index contributed by atoms with van der Waals surface area (Å²) in [6.45, 7) is 1.69. The van der Waals surface area contributed by atoms with E-state index in [1.165, 1.54) is 24.3 Å². The molecule has 1 unspecified atom stereocenters. The molecule has 5 nitrogen and oxygen atoms in total. The van der Waals surface area contributed by atoms with Gasteiger partial charge in [0.05, 0.1) is 10.9 Å². The number of rotatable bonds is 3. The van der Waals surface area contributed by atoms with Gasteiger partial charge in [0, 0.05) is 11.6 Å². The van der Waals surface area contributed by atoms with Gasteiger partial charge in [-0.15, -0.1) is 0 Å². The zero-order chi connectivity index (χ0) is 16.7. The van der Waals surface area contributed by atoms with Crippen LogP contribution in [0.3, 0.4) is 0 Å². The summed E-state index contributed by atoms with van der Waals surface area (Å²) in [4.78, 5) is 16.1. The van der Waals surface area contributed by atoms with Crippen LogP contribution in [0.4, 0.5) is 4.39 Å². The number of amides is 1. The molecule has 0 bridgehead atoms. The van der Waals surface area contributed by atoms with Gasteiger partial charge in [-0.25, -0.2) is 17.5 Å². The van der Waals surface area contributed by atoms with Crippen molar-refractivity contribution in [3.05, 3.63) is 48.4 Å². The molecule has 0 fully saturated rings. The highest BCUT2D eigenvalue weighted by Gasteiger charge is 2.35. The number of benzene rings is 1. The fraction of sp³-hybridized carbons (Fsp3) is 0.250. The average molecular weight is 334 g/mol. The van der Waals surface area contributed by atoms with Crippen molar-refractivity contribution in [1.29, 1.82) is 0 Å². The molecule has 1 atom stereocenters. The molecular formula is C16H15FN2O3S. The third-order valence-corrected chi connectivity index (χ3v) is 5.29. The summed E-state index contributed by atoms with van der Waals surface area (Å²) in [5.41, 5.74) is -0.355. The second kappa shape index (κ2) is 5.42. The van der Waals surface area contributed by atoms with Crippen molar-refractivity contribution in [2.75, 3.05) is 0 Å². The summed E-state index contributed by atoms with van der Waals surface area (Å²) in [5.74, 6) is -1.06. The van der Waals surface area contributed by atoms with Gasteiger partial charge in [-0.05, 0) is 44.0 Å². The lowest BCUT2D eigenvalue weighted by atomic mass is 9.90. The van der Waals surface area contributed by atoms with Gasteiger partial charge in [0.2, 0.25) is 5.91 Å². The van der Waals surface area contributed by atoms with Gasteiger partial charge in [-0.2, -0.15) is 0 Å². The van der Waals surface area contributed by atoms with Crippen LogP contribution in [0, 0.1) is 11.2 Å². The van der Waals surface area contributed by atoms with Crippen LogP contribution >= 0.6 is 0 Å². The number of hydrogen-bond donors (Lipinski definition) is 1. The summed E-state index contributed by atoms with van der Waals surface area (Å²) in [6, 6.07) is 5.21. The lowest BCUT2D eigenvalue weighted by molar-refractivity contribution is -0.125. The molecule has 0 saturated carbocycles. The predicted octanol–water partition coefficient (Wildman–Crippen LogP) is 2.54. The first-order chi connectivity index (χ1) is 10.8. The Kier molecular flexibility index (Phi) is 3.68. The zero-order valence-corrected chi connectivity index (χ0v) is 13.2. The average Bonchev–Trinajstić information content (AvgIpc) is 2.94. The van der Waals surface area contributed by atoms with Crippen molar-refractivity contribution in [2.24, 2.45) is 5.41 Å². The Bertz CT molecular complexity index is 924. The topological polar surface area (TPSA) is 76.1 Å². The van der Waals surface area contributed by atoms with Crippen LogP contribution in [0.1, 0.15) is 19.8 Å². The molecule has 23 heavy (non-hydrogen) atoms. The largest absolute Gasteiger partial charge is 0.273 e. The highest BCUT2D eigenvalue weighted by Crippen LogP contribution is 2.32. The number of carbonyl (C=O) groups excluding carboxylic acids is 1. The SMILES string of the molecule is CC1(C(=O)NS(=O)(=O)c2cnc3ccc(F)cc3c2)C=CCC1. The van der Waals surface area contributed by atoms with Crippen molar-refractivity contribution >= 4 is 26.8 Å². The number of allylic oxidation sites excluding steroid dienone is 1. The number of nitrogens with one attached hydrogen (secondary N) is 1. The van der Waals surface area contributed by atoms with Crippen molar-refractivity contribution < 1.29 is 17.6 Å². The Balaban J connectivity index is 1.93. The van der Waals surface area contributed by atoms with E-state index >= 15 is 0 Å². The third kappa shape index (κ3) is 2.96. The van der Waals surface area contributed by atoms with E-state index in [1.54, 1.807) is 13.0 Å². The van der Waals surface area contributed by atoms with Crippen LogP contribution < -0.4 is 4.72 Å². The molecule has 0 radical (unpaired) electrons. The number of carbonyl (C=O) groups is 1. The smallest absolute Gasteiger partial charge is 0.265 e. The van der Waals surface area contributed by atoms with E-state index < -0.39 is 27.2 Å². The van der Waals surface area contributed by atoms with Gasteiger partial charge < -0.3 is 0 Å². The maximum atomic E-state index is 13.3. The standard InChI is InChI=1S/C16H15FN2O3S/c1-16(6-2-3-7-16)15(20)19-23(21,22)13-9-11-8-12(17)4-5-14(11)18-10-13/h2,4-6,8-10H,3,7H2,1H3,(H,19,20). The Morgan fingerprint density at radius 3 is 2.83 bits per heavy atom. The Morgan fingerprint density at radius 1 is 1.35 bits per heavy atom. The summed E-state index contributed by atoms with van der Waals surface area (Å²) in [5, 5.41) is 0.354. The second-order valence-corrected chi connectivity index (χ2v) is 7.48. The number of aromatic nitrogens is 1. The molecule has 1 aromatic carbocycles. The summed E-state index contributed by atoms with van der Waals surface area (Å²) in [6.07, 6.45) is 6.03. The van der Waals surface area contributed by atoms with E-state index in [-0.39, 0.29) is 4.90 Å². The first-order valence-electron chi connectivity index (χ1n) is 7.10. The van der Waals surface area contributed by atoms with Gasteiger partial charge in [-0.3, -0.25) is 9.78 Å². The molecule has 120 valence electrons. The molecule has 1 aromatic heterocycles. The Hall–Kier alpha value is -2.28. The number of nitrogens with zero attached hydrogens (tertiary/aromatic N) is 1. The van der Waals surface area contributed by atoms with Gasteiger partial charge >= 0.3 is 0 Å². The second-order valence-electron chi connectivity index (χ2n) is 5.80. The van der Waals surface area contributed by atoms with Crippen molar-refractivity contribution in [3.63, 3.8) is 0 Å². The maximum Gasteiger partial charge on any atom is 0.265 e. The number of hydrogen-bond acceptors (Lipinski definition) is 4. The van der Waals surface area contributed by atoms with Crippen LogP contribution in [-0.2, 0) is 14.8 Å². The minimum Gasteiger partial charge on any atom is -0.273 e. The van der Waals surface area contributed by atoms with E-state index in [2.05, 4.69) is 9.71 Å². The van der Waals surface area contributed by atoms with Crippen molar-refractivity contribution in [2.45, 2.75) is 24.7 Å². The van der Waals surface area contributed by atoms with Gasteiger partial charge in [0.15, 0.2) is 0 Å². The molecule has 0 aliphatic heterocycles. The molecule has 1 heterocycles. The molecule has 1 N–H and O–H groups in total. The van der Waals surface area contributed by atoms with Crippen molar-refractivity contribution in [1.82, 2.24) is 9.71 Å². The molecule has 1 amide bonds. The van der Waals surface area contributed by atoms with Gasteiger partial charge in [-0.1, -0.05) is 12.2 Å². The Labute approximate surface area is 133 Å². The quantitative estimate of drug-likeness (QED) is 0.875. The molecule has 1 aliphatic carbocycles. The molecule has 1 aliphatic rings. The molecule has 0 saturated heterocycles. The Morgan fingerprint density at radius 2 is 2.13 bits per heavy atom. The highest BCUT2D eigenvalue weighted by molar-refractivity contribution is 7.90. The zero-order valence-electron chi connectivity index (χ0n) is 12.4. The molecule has 2 aromatic rings. The van der Waals surface area contributed by atoms with Crippen LogP contribution in [0.25, 0.3) is 10.9 Å². The van der Waals surface area contributed by atoms with Gasteiger partial charge in [0.25, 0.3) is 10.0 Å². The molecule has 7 heteroatoms. The normalized spacial score (nSPS) is 20.8. The minimum atomic E-state index is -4.06. The van der Waals surface area contributed by atoms with E-state index in [9.17, 15) is 17.6 Å². The van der Waals surface area contributed by atoms with E-state index in [0.717, 1.165) is 12.6 Å². The van der Waals surface area contributed by atoms with Crippen LogP contribution in [0.15, 0.2) is 47.5 Å². The minimum absolute atomic E-state index is 0.172. The fourth-order valence-corrected chi connectivity index (χ4v) is 3.59. The van der Waals surface area contributed by atoms with Crippen LogP contribution in [-0.4, -0.2) is 19.3 Å². The number of halogens is 1. The van der Waals surface area contributed by atoms with E-state index in [4.69, 9.17) is 0 Å². The van der Waals surface area contributed by atoms with E-state index in [1.807, 2.05) is 6.08 Å². The summed E-state index contributed by atoms with van der Waals surface area (Å²) < 4.78 is 40.1. The monoisotopic (exact) mass is 334 g/mol. The van der Waals surface area contributed by atoms with Crippen LogP contribution in [0.2, 0.25) is 0 Å². The van der Waals surface area contributed by atoms with Crippen LogP contribution in [0.5, 0.6) is 0 Å².